The summed E-state index contributed by atoms with van der Waals surface area (Å²) in [7, 11) is 3.78. The van der Waals surface area contributed by atoms with Crippen LogP contribution in [0.3, 0.4) is 0 Å². The van der Waals surface area contributed by atoms with Crippen molar-refractivity contribution in [2.45, 2.75) is 0 Å². The smallest absolute Gasteiger partial charge is 1.00 e. The van der Waals surface area contributed by atoms with E-state index in [0.717, 1.165) is 11.4 Å². The van der Waals surface area contributed by atoms with Crippen LogP contribution in [0.4, 0.5) is 11.4 Å². The molecule has 0 heterocycles. The number of rotatable bonds is 2. The van der Waals surface area contributed by atoms with E-state index in [1.54, 1.807) is 0 Å². The van der Waals surface area contributed by atoms with Gasteiger partial charge in [-0.25, -0.2) is 0 Å². The van der Waals surface area contributed by atoms with E-state index in [1.165, 1.54) is 0 Å². The zero-order valence-electron chi connectivity index (χ0n) is 7.32. The van der Waals surface area contributed by atoms with Crippen LogP contribution in [0.5, 0.6) is 0 Å². The molecular formula is C8H11BrMgN2. The summed E-state index contributed by atoms with van der Waals surface area (Å²) in [5, 5.41) is 6.05. The van der Waals surface area contributed by atoms with Crippen LogP contribution in [-0.4, -0.2) is 37.1 Å². The first kappa shape index (κ1) is 14.6. The Bertz CT molecular complexity index is 199. The number of anilines is 2. The van der Waals surface area contributed by atoms with E-state index in [1.807, 2.05) is 32.3 Å². The van der Waals surface area contributed by atoms with Crippen molar-refractivity contribution in [2.24, 2.45) is 0 Å². The molecule has 0 aliphatic rings. The average Bonchev–Trinajstić information content (AvgIpc) is 2.05. The molecule has 12 heavy (non-hydrogen) atoms. The molecule has 62 valence electrons. The number of hydrogen-bond donors (Lipinski definition) is 2. The molecule has 0 saturated carbocycles. The maximum absolute atomic E-state index is 3.04. The largest absolute Gasteiger partial charge is 2.00 e. The number of halogens is 1. The minimum absolute atomic E-state index is 0. The van der Waals surface area contributed by atoms with Crippen molar-refractivity contribution in [3.63, 3.8) is 0 Å². The molecule has 0 aliphatic carbocycles. The molecule has 0 radical (unpaired) electrons. The molecule has 2 nitrogen and oxygen atoms in total. The van der Waals surface area contributed by atoms with Gasteiger partial charge in [-0.3, -0.25) is 0 Å². The molecule has 1 rings (SSSR count). The first-order chi connectivity index (χ1) is 4.86. The Morgan fingerprint density at radius 1 is 1.25 bits per heavy atom. The Hall–Kier alpha value is 0.0662. The SMILES string of the molecule is CNc1[c-]ccc(NC)c1.[Br-].[Mg+2]. The van der Waals surface area contributed by atoms with E-state index in [4.69, 9.17) is 0 Å². The minimum Gasteiger partial charge on any atom is -1.00 e. The minimum atomic E-state index is 0. The van der Waals surface area contributed by atoms with E-state index >= 15 is 0 Å². The quantitative estimate of drug-likeness (QED) is 0.470. The van der Waals surface area contributed by atoms with Gasteiger partial charge in [0.05, 0.1) is 0 Å². The fourth-order valence-electron chi connectivity index (χ4n) is 0.766. The Labute approximate surface area is 100 Å². The molecule has 0 spiro atoms. The van der Waals surface area contributed by atoms with E-state index in [2.05, 4.69) is 16.7 Å². The van der Waals surface area contributed by atoms with Crippen molar-refractivity contribution in [3.05, 3.63) is 24.3 Å². The third kappa shape index (κ3) is 4.18. The van der Waals surface area contributed by atoms with Gasteiger partial charge >= 0.3 is 23.1 Å². The second kappa shape index (κ2) is 7.70. The van der Waals surface area contributed by atoms with Crippen molar-refractivity contribution in [3.8, 4) is 0 Å². The van der Waals surface area contributed by atoms with Gasteiger partial charge in [-0.2, -0.15) is 12.1 Å². The van der Waals surface area contributed by atoms with Crippen molar-refractivity contribution in [1.29, 1.82) is 0 Å². The van der Waals surface area contributed by atoms with E-state index < -0.39 is 0 Å². The fraction of sp³-hybridized carbons (Fsp3) is 0.250. The summed E-state index contributed by atoms with van der Waals surface area (Å²) in [6, 6.07) is 8.90. The molecule has 0 unspecified atom stereocenters. The molecule has 0 aromatic heterocycles. The predicted molar refractivity (Wildman–Crippen MR) is 50.1 cm³/mol. The molecular weight excluding hydrogens is 228 g/mol. The second-order valence-electron chi connectivity index (χ2n) is 1.99. The molecule has 2 N–H and O–H groups in total. The zero-order chi connectivity index (χ0) is 7.40. The molecule has 0 saturated heterocycles. The number of hydrogen-bond acceptors (Lipinski definition) is 2. The van der Waals surface area contributed by atoms with Crippen LogP contribution in [0.25, 0.3) is 0 Å². The van der Waals surface area contributed by atoms with Crippen LogP contribution in [0.2, 0.25) is 0 Å². The van der Waals surface area contributed by atoms with Gasteiger partial charge in [0.2, 0.25) is 0 Å². The fourth-order valence-corrected chi connectivity index (χ4v) is 0.766. The topological polar surface area (TPSA) is 24.1 Å². The Morgan fingerprint density at radius 3 is 2.42 bits per heavy atom. The summed E-state index contributed by atoms with van der Waals surface area (Å²) in [6.45, 7) is 0. The standard InChI is InChI=1S/C8H11N2.BrH.Mg/c1-9-7-4-3-5-8(6-7)10-2;;/h3-4,6,9-10H,1-2H3;1H;/q-1;;+2/p-1. The maximum Gasteiger partial charge on any atom is 2.00 e. The number of nitrogens with one attached hydrogen (secondary N) is 2. The van der Waals surface area contributed by atoms with Gasteiger partial charge in [0.15, 0.2) is 0 Å². The third-order valence-corrected chi connectivity index (χ3v) is 1.36. The molecule has 0 fully saturated rings. The molecule has 1 aromatic rings. The summed E-state index contributed by atoms with van der Waals surface area (Å²) >= 11 is 0. The Kier molecular flexibility index (Phi) is 9.36. The van der Waals surface area contributed by atoms with Crippen molar-refractivity contribution in [1.82, 2.24) is 0 Å². The van der Waals surface area contributed by atoms with Crippen LogP contribution in [0, 0.1) is 6.07 Å². The normalized spacial score (nSPS) is 7.50. The second-order valence-corrected chi connectivity index (χ2v) is 1.99. The summed E-state index contributed by atoms with van der Waals surface area (Å²) < 4.78 is 0. The molecule has 0 atom stereocenters. The van der Waals surface area contributed by atoms with Gasteiger partial charge in [-0.05, 0) is 0 Å². The first-order valence-corrected chi connectivity index (χ1v) is 3.24. The van der Waals surface area contributed by atoms with Crippen LogP contribution in [0.1, 0.15) is 0 Å². The van der Waals surface area contributed by atoms with Crippen molar-refractivity contribution in [2.75, 3.05) is 24.7 Å². The monoisotopic (exact) mass is 238 g/mol. The van der Waals surface area contributed by atoms with E-state index in [0.29, 0.717) is 0 Å². The molecule has 0 aliphatic heterocycles. The van der Waals surface area contributed by atoms with Crippen LogP contribution in [-0.2, 0) is 0 Å². The van der Waals surface area contributed by atoms with Gasteiger partial charge in [0, 0.05) is 14.1 Å². The molecule has 0 bridgehead atoms. The van der Waals surface area contributed by atoms with E-state index in [9.17, 15) is 0 Å². The first-order valence-electron chi connectivity index (χ1n) is 3.24. The van der Waals surface area contributed by atoms with Gasteiger partial charge in [0.25, 0.3) is 0 Å². The van der Waals surface area contributed by atoms with Gasteiger partial charge in [-0.15, -0.1) is 12.1 Å². The van der Waals surface area contributed by atoms with Crippen LogP contribution in [0.15, 0.2) is 18.2 Å². The summed E-state index contributed by atoms with van der Waals surface area (Å²) in [6.07, 6.45) is 0. The average molecular weight is 239 g/mol. The van der Waals surface area contributed by atoms with Gasteiger partial charge < -0.3 is 27.6 Å². The summed E-state index contributed by atoms with van der Waals surface area (Å²) in [5.41, 5.74) is 2.11. The summed E-state index contributed by atoms with van der Waals surface area (Å²) in [4.78, 5) is 0. The van der Waals surface area contributed by atoms with Crippen LogP contribution >= 0.6 is 0 Å². The molecule has 0 amide bonds. The molecule has 4 heteroatoms. The Balaban J connectivity index is 0. The predicted octanol–water partition coefficient (Wildman–Crippen LogP) is -1.81. The number of benzene rings is 1. The van der Waals surface area contributed by atoms with E-state index in [-0.39, 0.29) is 40.0 Å². The zero-order valence-corrected chi connectivity index (χ0v) is 10.3. The van der Waals surface area contributed by atoms with Gasteiger partial charge in [0.1, 0.15) is 0 Å². The van der Waals surface area contributed by atoms with Crippen molar-refractivity contribution >= 4 is 34.4 Å². The Morgan fingerprint density at radius 2 is 1.92 bits per heavy atom. The molecule has 1 aromatic carbocycles. The van der Waals surface area contributed by atoms with Crippen molar-refractivity contribution < 1.29 is 17.0 Å². The maximum atomic E-state index is 3.04. The van der Waals surface area contributed by atoms with Gasteiger partial charge in [-0.1, -0.05) is 11.4 Å². The third-order valence-electron chi connectivity index (χ3n) is 1.36. The van der Waals surface area contributed by atoms with Crippen LogP contribution < -0.4 is 27.6 Å². The summed E-state index contributed by atoms with van der Waals surface area (Å²) in [5.74, 6) is 0.